The fraction of sp³-hybridized carbons (Fsp3) is 0.158. The fourth-order valence-electron chi connectivity index (χ4n) is 2.24. The van der Waals surface area contributed by atoms with Gasteiger partial charge in [0.15, 0.2) is 6.10 Å². The second-order valence-corrected chi connectivity index (χ2v) is 6.64. The van der Waals surface area contributed by atoms with E-state index in [1.807, 2.05) is 55.5 Å². The summed E-state index contributed by atoms with van der Waals surface area (Å²) in [5.41, 5.74) is 1.78. The van der Waals surface area contributed by atoms with E-state index >= 15 is 0 Å². The average Bonchev–Trinajstić information content (AvgIpc) is 3.01. The molecule has 1 heterocycles. The number of carbonyl (C=O) groups is 2. The summed E-state index contributed by atoms with van der Waals surface area (Å²) in [7, 11) is 0. The number of anilines is 1. The first-order chi connectivity index (χ1) is 11.5. The highest BCUT2D eigenvalue weighted by Gasteiger charge is 2.20. The van der Waals surface area contributed by atoms with Crippen molar-refractivity contribution in [2.75, 3.05) is 5.32 Å². The molecule has 24 heavy (non-hydrogen) atoms. The van der Waals surface area contributed by atoms with E-state index in [4.69, 9.17) is 4.74 Å². The summed E-state index contributed by atoms with van der Waals surface area (Å²) >= 11 is 1.36. The largest absolute Gasteiger partial charge is 0.448 e. The van der Waals surface area contributed by atoms with Gasteiger partial charge >= 0.3 is 5.97 Å². The van der Waals surface area contributed by atoms with Crippen molar-refractivity contribution in [2.24, 2.45) is 0 Å². The predicted molar refractivity (Wildman–Crippen MR) is 96.5 cm³/mol. The summed E-state index contributed by atoms with van der Waals surface area (Å²) in [6, 6.07) is 17.0. The molecule has 5 heteroatoms. The number of carbonyl (C=O) groups excluding carboxylic acids is 2. The van der Waals surface area contributed by atoms with E-state index in [0.717, 1.165) is 15.6 Å². The van der Waals surface area contributed by atoms with Crippen LogP contribution in [0.2, 0.25) is 0 Å². The summed E-state index contributed by atoms with van der Waals surface area (Å²) in [5, 5.41) is 3.73. The number of nitrogens with one attached hydrogen (secondary N) is 1. The summed E-state index contributed by atoms with van der Waals surface area (Å²) in [5.74, 6) is -0.837. The van der Waals surface area contributed by atoms with E-state index in [1.165, 1.54) is 11.3 Å². The van der Waals surface area contributed by atoms with E-state index in [2.05, 4.69) is 5.32 Å². The van der Waals surface area contributed by atoms with Crippen LogP contribution in [0.5, 0.6) is 0 Å². The van der Waals surface area contributed by atoms with Crippen LogP contribution < -0.4 is 5.32 Å². The average molecular weight is 339 g/mol. The number of benzene rings is 2. The van der Waals surface area contributed by atoms with Crippen molar-refractivity contribution in [2.45, 2.75) is 20.0 Å². The van der Waals surface area contributed by atoms with Gasteiger partial charge in [-0.25, -0.2) is 4.79 Å². The van der Waals surface area contributed by atoms with Crippen molar-refractivity contribution < 1.29 is 14.3 Å². The smallest absolute Gasteiger partial charge is 0.349 e. The quantitative estimate of drug-likeness (QED) is 0.717. The predicted octanol–water partition coefficient (Wildman–Crippen LogP) is 4.39. The first-order valence-corrected chi connectivity index (χ1v) is 8.41. The molecule has 4 nitrogen and oxygen atoms in total. The summed E-state index contributed by atoms with van der Waals surface area (Å²) in [6.45, 7) is 3.54. The Morgan fingerprint density at radius 1 is 1.08 bits per heavy atom. The molecular formula is C19H17NO3S. The highest BCUT2D eigenvalue weighted by atomic mass is 32.1. The third kappa shape index (κ3) is 3.63. The zero-order valence-corrected chi connectivity index (χ0v) is 14.2. The van der Waals surface area contributed by atoms with Crippen molar-refractivity contribution >= 4 is 39.0 Å². The van der Waals surface area contributed by atoms with Gasteiger partial charge in [-0.1, -0.05) is 35.9 Å². The number of esters is 1. The third-order valence-electron chi connectivity index (χ3n) is 3.60. The standard InChI is InChI=1S/C19H17NO3S/c1-12-7-9-15(10-8-12)20-18(21)13(2)23-19(22)17-11-14-5-3-4-6-16(14)24-17/h3-11,13H,1-2H3,(H,20,21)/t13-/m0/s1. The maximum atomic E-state index is 12.2. The number of aryl methyl sites for hydroxylation is 1. The first-order valence-electron chi connectivity index (χ1n) is 7.60. The molecule has 3 aromatic rings. The number of hydrogen-bond acceptors (Lipinski definition) is 4. The van der Waals surface area contributed by atoms with Crippen LogP contribution in [0, 0.1) is 6.92 Å². The Hall–Kier alpha value is -2.66. The van der Waals surface area contributed by atoms with Crippen molar-refractivity contribution in [3.63, 3.8) is 0 Å². The Bertz CT molecular complexity index is 850. The molecule has 0 aliphatic carbocycles. The number of hydrogen-bond donors (Lipinski definition) is 1. The van der Waals surface area contributed by atoms with Crippen LogP contribution in [0.25, 0.3) is 10.1 Å². The monoisotopic (exact) mass is 339 g/mol. The Morgan fingerprint density at radius 2 is 1.79 bits per heavy atom. The van der Waals surface area contributed by atoms with E-state index in [-0.39, 0.29) is 5.91 Å². The van der Waals surface area contributed by atoms with Crippen LogP contribution in [-0.2, 0) is 9.53 Å². The van der Waals surface area contributed by atoms with Crippen LogP contribution in [0.3, 0.4) is 0 Å². The first kappa shape index (κ1) is 16.2. The molecule has 0 fully saturated rings. The molecule has 1 atom stereocenters. The van der Waals surface area contributed by atoms with Crippen LogP contribution in [0.15, 0.2) is 54.6 Å². The van der Waals surface area contributed by atoms with E-state index in [9.17, 15) is 9.59 Å². The molecule has 0 aliphatic rings. The van der Waals surface area contributed by atoms with Gasteiger partial charge in [0.25, 0.3) is 5.91 Å². The van der Waals surface area contributed by atoms with Crippen molar-refractivity contribution in [1.29, 1.82) is 0 Å². The molecule has 0 bridgehead atoms. The van der Waals surface area contributed by atoms with Gasteiger partial charge in [0.1, 0.15) is 4.88 Å². The van der Waals surface area contributed by atoms with Gasteiger partial charge in [0, 0.05) is 10.4 Å². The molecule has 3 rings (SSSR count). The van der Waals surface area contributed by atoms with Crippen LogP contribution in [-0.4, -0.2) is 18.0 Å². The molecule has 0 saturated carbocycles. The zero-order valence-electron chi connectivity index (χ0n) is 13.4. The molecule has 1 N–H and O–H groups in total. The Kier molecular flexibility index (Phi) is 4.62. The molecule has 0 unspecified atom stereocenters. The van der Waals surface area contributed by atoms with Crippen LogP contribution in [0.1, 0.15) is 22.2 Å². The number of rotatable bonds is 4. The lowest BCUT2D eigenvalue weighted by Gasteiger charge is -2.13. The van der Waals surface area contributed by atoms with Crippen molar-refractivity contribution in [1.82, 2.24) is 0 Å². The molecule has 122 valence electrons. The molecule has 0 spiro atoms. The minimum atomic E-state index is -0.871. The number of ether oxygens (including phenoxy) is 1. The van der Waals surface area contributed by atoms with E-state index in [0.29, 0.717) is 10.6 Å². The lowest BCUT2D eigenvalue weighted by molar-refractivity contribution is -0.123. The Balaban J connectivity index is 1.64. The van der Waals surface area contributed by atoms with Crippen molar-refractivity contribution in [3.05, 3.63) is 65.0 Å². The van der Waals surface area contributed by atoms with Gasteiger partial charge in [-0.2, -0.15) is 0 Å². The van der Waals surface area contributed by atoms with E-state index in [1.54, 1.807) is 13.0 Å². The van der Waals surface area contributed by atoms with Gasteiger partial charge in [0.05, 0.1) is 0 Å². The van der Waals surface area contributed by atoms with Crippen LogP contribution in [0.4, 0.5) is 5.69 Å². The van der Waals surface area contributed by atoms with Gasteiger partial charge in [-0.15, -0.1) is 11.3 Å². The van der Waals surface area contributed by atoms with Gasteiger partial charge < -0.3 is 10.1 Å². The second-order valence-electron chi connectivity index (χ2n) is 5.55. The molecular weight excluding hydrogens is 322 g/mol. The molecule has 1 amide bonds. The lowest BCUT2D eigenvalue weighted by atomic mass is 10.2. The molecule has 2 aromatic carbocycles. The number of fused-ring (bicyclic) bond motifs is 1. The second kappa shape index (κ2) is 6.84. The fourth-order valence-corrected chi connectivity index (χ4v) is 3.18. The van der Waals surface area contributed by atoms with Gasteiger partial charge in [0.2, 0.25) is 0 Å². The zero-order chi connectivity index (χ0) is 17.1. The van der Waals surface area contributed by atoms with Gasteiger partial charge in [-0.3, -0.25) is 4.79 Å². The maximum Gasteiger partial charge on any atom is 0.349 e. The highest BCUT2D eigenvalue weighted by molar-refractivity contribution is 7.20. The third-order valence-corrected chi connectivity index (χ3v) is 4.69. The summed E-state index contributed by atoms with van der Waals surface area (Å²) < 4.78 is 6.30. The maximum absolute atomic E-state index is 12.2. The highest BCUT2D eigenvalue weighted by Crippen LogP contribution is 2.26. The Labute approximate surface area is 144 Å². The number of thiophene rings is 1. The molecule has 0 saturated heterocycles. The summed E-state index contributed by atoms with van der Waals surface area (Å²) in [6.07, 6.45) is -0.871. The number of amides is 1. The topological polar surface area (TPSA) is 55.4 Å². The lowest BCUT2D eigenvalue weighted by Crippen LogP contribution is -2.29. The van der Waals surface area contributed by atoms with Crippen LogP contribution >= 0.6 is 11.3 Å². The normalized spacial score (nSPS) is 11.9. The van der Waals surface area contributed by atoms with E-state index < -0.39 is 12.1 Å². The summed E-state index contributed by atoms with van der Waals surface area (Å²) in [4.78, 5) is 24.9. The molecule has 0 radical (unpaired) electrons. The molecule has 0 aliphatic heterocycles. The molecule has 1 aromatic heterocycles. The SMILES string of the molecule is Cc1ccc(NC(=O)[C@H](C)OC(=O)c2cc3ccccc3s2)cc1. The Morgan fingerprint density at radius 3 is 2.50 bits per heavy atom. The van der Waals surface area contributed by atoms with Gasteiger partial charge in [-0.05, 0) is 43.5 Å². The minimum Gasteiger partial charge on any atom is -0.448 e. The minimum absolute atomic E-state index is 0.353. The van der Waals surface area contributed by atoms with Crippen molar-refractivity contribution in [3.8, 4) is 0 Å².